The van der Waals surface area contributed by atoms with E-state index in [-0.39, 0.29) is 0 Å². The summed E-state index contributed by atoms with van der Waals surface area (Å²) >= 11 is 0. The molecule has 0 saturated carbocycles. The molecule has 5 heteroatoms. The van der Waals surface area contributed by atoms with Crippen LogP contribution in [0.4, 0.5) is 5.82 Å². The van der Waals surface area contributed by atoms with Gasteiger partial charge in [-0.1, -0.05) is 30.3 Å². The van der Waals surface area contributed by atoms with Crippen molar-refractivity contribution >= 4 is 16.7 Å². The molecule has 2 heterocycles. The number of nitrogens with zero attached hydrogens (tertiary/aromatic N) is 2. The Morgan fingerprint density at radius 2 is 1.83 bits per heavy atom. The van der Waals surface area contributed by atoms with Gasteiger partial charge in [-0.2, -0.15) is 0 Å². The van der Waals surface area contributed by atoms with Crippen molar-refractivity contribution in [3.63, 3.8) is 0 Å². The second kappa shape index (κ2) is 9.81. The molecule has 1 aliphatic heterocycles. The van der Waals surface area contributed by atoms with E-state index in [1.807, 2.05) is 18.2 Å². The first kappa shape index (κ1) is 20.5. The predicted molar refractivity (Wildman–Crippen MR) is 123 cm³/mol. The Morgan fingerprint density at radius 3 is 2.60 bits per heavy atom. The molecular weight excluding hydrogens is 374 g/mol. The average molecular weight is 406 g/mol. The third kappa shape index (κ3) is 5.03. The average Bonchev–Trinajstić information content (AvgIpc) is 3.29. The highest BCUT2D eigenvalue weighted by molar-refractivity contribution is 5.85. The molecular formula is C25H31N3O2. The summed E-state index contributed by atoms with van der Waals surface area (Å²) in [7, 11) is 1.69. The predicted octanol–water partition coefficient (Wildman–Crippen LogP) is 5.03. The number of rotatable bonds is 9. The molecule has 1 aliphatic rings. The summed E-state index contributed by atoms with van der Waals surface area (Å²) in [6.45, 7) is 7.05. The number of benzene rings is 2. The summed E-state index contributed by atoms with van der Waals surface area (Å²) in [5.41, 5.74) is 3.25. The Kier molecular flexibility index (Phi) is 6.70. The van der Waals surface area contributed by atoms with E-state index in [4.69, 9.17) is 14.5 Å². The SMILES string of the molecule is COc1cc2cc(C)c(NCc3ccccc3)nc2cc1OCCCN1CCCC1. The van der Waals surface area contributed by atoms with Crippen LogP contribution < -0.4 is 14.8 Å². The van der Waals surface area contributed by atoms with E-state index in [1.165, 1.54) is 31.5 Å². The highest BCUT2D eigenvalue weighted by Crippen LogP contribution is 2.33. The molecule has 30 heavy (non-hydrogen) atoms. The first-order valence-electron chi connectivity index (χ1n) is 10.9. The fourth-order valence-electron chi connectivity index (χ4n) is 4.00. The number of aromatic nitrogens is 1. The van der Waals surface area contributed by atoms with Gasteiger partial charge < -0.3 is 19.7 Å². The number of fused-ring (bicyclic) bond motifs is 1. The van der Waals surface area contributed by atoms with E-state index < -0.39 is 0 Å². The summed E-state index contributed by atoms with van der Waals surface area (Å²) in [6.07, 6.45) is 3.67. The number of likely N-dealkylation sites (tertiary alicyclic amines) is 1. The summed E-state index contributed by atoms with van der Waals surface area (Å²) < 4.78 is 11.7. The molecule has 1 aromatic heterocycles. The lowest BCUT2D eigenvalue weighted by molar-refractivity contribution is 0.254. The van der Waals surface area contributed by atoms with Crippen LogP contribution in [0.5, 0.6) is 11.5 Å². The van der Waals surface area contributed by atoms with Gasteiger partial charge in [0.05, 0.1) is 19.2 Å². The minimum absolute atomic E-state index is 0.684. The van der Waals surface area contributed by atoms with Crippen LogP contribution in [0.3, 0.4) is 0 Å². The minimum atomic E-state index is 0.684. The Balaban J connectivity index is 1.46. The summed E-state index contributed by atoms with van der Waals surface area (Å²) in [4.78, 5) is 7.37. The summed E-state index contributed by atoms with van der Waals surface area (Å²) in [6, 6.07) is 16.5. The maximum Gasteiger partial charge on any atom is 0.163 e. The van der Waals surface area contributed by atoms with Gasteiger partial charge >= 0.3 is 0 Å². The monoisotopic (exact) mass is 405 g/mol. The van der Waals surface area contributed by atoms with Crippen LogP contribution in [-0.2, 0) is 6.54 Å². The number of hydrogen-bond acceptors (Lipinski definition) is 5. The minimum Gasteiger partial charge on any atom is -0.493 e. The summed E-state index contributed by atoms with van der Waals surface area (Å²) in [5, 5.41) is 4.52. The standard InChI is InChI=1S/C25H31N3O2/c1-19-15-21-16-23(29-2)24(30-14-8-13-28-11-6-7-12-28)17-22(21)27-25(19)26-18-20-9-4-3-5-10-20/h3-5,9-10,15-17H,6-8,11-14,18H2,1-2H3,(H,26,27). The largest absolute Gasteiger partial charge is 0.493 e. The van der Waals surface area contributed by atoms with Crippen LogP contribution in [0.25, 0.3) is 10.9 Å². The van der Waals surface area contributed by atoms with E-state index >= 15 is 0 Å². The molecule has 2 aromatic carbocycles. The lowest BCUT2D eigenvalue weighted by Crippen LogP contribution is -2.21. The Labute approximate surface area is 179 Å². The second-order valence-corrected chi connectivity index (χ2v) is 7.94. The smallest absolute Gasteiger partial charge is 0.163 e. The van der Waals surface area contributed by atoms with Gasteiger partial charge in [-0.25, -0.2) is 4.98 Å². The molecule has 3 aromatic rings. The van der Waals surface area contributed by atoms with Gasteiger partial charge in [0.25, 0.3) is 0 Å². The van der Waals surface area contributed by atoms with E-state index in [9.17, 15) is 0 Å². The van der Waals surface area contributed by atoms with Gasteiger partial charge in [-0.05, 0) is 62.5 Å². The Morgan fingerprint density at radius 1 is 1.03 bits per heavy atom. The zero-order chi connectivity index (χ0) is 20.8. The number of nitrogens with one attached hydrogen (secondary N) is 1. The molecule has 0 aliphatic carbocycles. The van der Waals surface area contributed by atoms with E-state index in [0.717, 1.165) is 53.3 Å². The molecule has 1 saturated heterocycles. The number of ether oxygens (including phenoxy) is 2. The fourth-order valence-corrected chi connectivity index (χ4v) is 4.00. The van der Waals surface area contributed by atoms with E-state index in [2.05, 4.69) is 47.5 Å². The van der Waals surface area contributed by atoms with Crippen molar-refractivity contribution < 1.29 is 9.47 Å². The lowest BCUT2D eigenvalue weighted by Gasteiger charge is -2.16. The zero-order valence-corrected chi connectivity index (χ0v) is 18.0. The quantitative estimate of drug-likeness (QED) is 0.506. The first-order valence-corrected chi connectivity index (χ1v) is 10.9. The van der Waals surface area contributed by atoms with Crippen molar-refractivity contribution in [1.82, 2.24) is 9.88 Å². The van der Waals surface area contributed by atoms with Crippen molar-refractivity contribution in [3.05, 3.63) is 59.7 Å². The second-order valence-electron chi connectivity index (χ2n) is 7.94. The van der Waals surface area contributed by atoms with Crippen LogP contribution in [0.15, 0.2) is 48.5 Å². The van der Waals surface area contributed by atoms with Gasteiger partial charge in [0, 0.05) is 24.5 Å². The first-order chi connectivity index (χ1) is 14.7. The van der Waals surface area contributed by atoms with Crippen LogP contribution in [-0.4, -0.2) is 43.2 Å². The van der Waals surface area contributed by atoms with Gasteiger partial charge in [0.1, 0.15) is 5.82 Å². The maximum absolute atomic E-state index is 6.08. The molecule has 1 N–H and O–H groups in total. The van der Waals surface area contributed by atoms with E-state index in [0.29, 0.717) is 6.61 Å². The van der Waals surface area contributed by atoms with Crippen molar-refractivity contribution in [1.29, 1.82) is 0 Å². The highest BCUT2D eigenvalue weighted by atomic mass is 16.5. The Bertz CT molecular complexity index is 969. The third-order valence-corrected chi connectivity index (χ3v) is 5.67. The molecule has 158 valence electrons. The zero-order valence-electron chi connectivity index (χ0n) is 18.0. The number of aryl methyl sites for hydroxylation is 1. The molecule has 4 rings (SSSR count). The Hall–Kier alpha value is -2.79. The summed E-state index contributed by atoms with van der Waals surface area (Å²) in [5.74, 6) is 2.42. The lowest BCUT2D eigenvalue weighted by atomic mass is 10.1. The third-order valence-electron chi connectivity index (χ3n) is 5.67. The number of anilines is 1. The van der Waals surface area contributed by atoms with E-state index in [1.54, 1.807) is 7.11 Å². The van der Waals surface area contributed by atoms with Crippen LogP contribution in [0, 0.1) is 6.92 Å². The van der Waals surface area contributed by atoms with Crippen LogP contribution in [0.2, 0.25) is 0 Å². The van der Waals surface area contributed by atoms with Gasteiger partial charge in [-0.3, -0.25) is 0 Å². The normalized spacial score (nSPS) is 14.2. The number of pyridine rings is 1. The molecule has 1 fully saturated rings. The van der Waals surface area contributed by atoms with Crippen molar-refractivity contribution in [2.24, 2.45) is 0 Å². The van der Waals surface area contributed by atoms with Crippen molar-refractivity contribution in [2.75, 3.05) is 38.7 Å². The topological polar surface area (TPSA) is 46.6 Å². The maximum atomic E-state index is 6.08. The highest BCUT2D eigenvalue weighted by Gasteiger charge is 2.13. The van der Waals surface area contributed by atoms with Gasteiger partial charge in [0.2, 0.25) is 0 Å². The van der Waals surface area contributed by atoms with Crippen molar-refractivity contribution in [2.45, 2.75) is 32.7 Å². The fraction of sp³-hybridized carbons (Fsp3) is 0.400. The molecule has 0 amide bonds. The number of hydrogen-bond donors (Lipinski definition) is 1. The molecule has 5 nitrogen and oxygen atoms in total. The molecule has 0 spiro atoms. The van der Waals surface area contributed by atoms with Crippen LogP contribution in [0.1, 0.15) is 30.4 Å². The number of methoxy groups -OCH3 is 1. The molecule has 0 radical (unpaired) electrons. The van der Waals surface area contributed by atoms with Crippen molar-refractivity contribution in [3.8, 4) is 11.5 Å². The van der Waals surface area contributed by atoms with Crippen LogP contribution >= 0.6 is 0 Å². The van der Waals surface area contributed by atoms with Gasteiger partial charge in [0.15, 0.2) is 11.5 Å². The molecule has 0 bridgehead atoms. The molecule has 0 atom stereocenters. The molecule has 0 unspecified atom stereocenters. The van der Waals surface area contributed by atoms with Gasteiger partial charge in [-0.15, -0.1) is 0 Å².